The van der Waals surface area contributed by atoms with Gasteiger partial charge in [-0.2, -0.15) is 0 Å². The van der Waals surface area contributed by atoms with E-state index in [4.69, 9.17) is 0 Å². The lowest BCUT2D eigenvalue weighted by molar-refractivity contribution is -0.0566. The molecule has 0 heterocycles. The van der Waals surface area contributed by atoms with E-state index in [0.717, 1.165) is 12.8 Å². The maximum absolute atomic E-state index is 10.5. The van der Waals surface area contributed by atoms with Gasteiger partial charge in [0.15, 0.2) is 0 Å². The van der Waals surface area contributed by atoms with Crippen LogP contribution in [0.25, 0.3) is 0 Å². The van der Waals surface area contributed by atoms with E-state index in [-0.39, 0.29) is 18.1 Å². The van der Waals surface area contributed by atoms with Gasteiger partial charge >= 0.3 is 0 Å². The van der Waals surface area contributed by atoms with Crippen LogP contribution in [0.1, 0.15) is 57.8 Å². The van der Waals surface area contributed by atoms with Crippen molar-refractivity contribution in [3.63, 3.8) is 0 Å². The summed E-state index contributed by atoms with van der Waals surface area (Å²) in [5.41, 5.74) is -0.137. The Kier molecular flexibility index (Phi) is 3.68. The summed E-state index contributed by atoms with van der Waals surface area (Å²) >= 11 is 0. The molecule has 0 bridgehead atoms. The van der Waals surface area contributed by atoms with E-state index in [1.165, 1.54) is 44.9 Å². The van der Waals surface area contributed by atoms with Crippen molar-refractivity contribution >= 4 is 0 Å². The highest BCUT2D eigenvalue weighted by Crippen LogP contribution is 2.45. The number of aliphatic hydroxyl groups is 2. The van der Waals surface area contributed by atoms with Crippen molar-refractivity contribution in [3.05, 3.63) is 0 Å². The molecule has 2 heteroatoms. The molecule has 0 saturated heterocycles. The van der Waals surface area contributed by atoms with Crippen LogP contribution < -0.4 is 0 Å². The van der Waals surface area contributed by atoms with Crippen molar-refractivity contribution in [2.45, 2.75) is 63.9 Å². The summed E-state index contributed by atoms with van der Waals surface area (Å²) in [7, 11) is 0. The van der Waals surface area contributed by atoms with E-state index < -0.39 is 0 Å². The molecule has 0 aromatic carbocycles. The zero-order chi connectivity index (χ0) is 10.7. The van der Waals surface area contributed by atoms with Crippen LogP contribution in [0.4, 0.5) is 0 Å². The zero-order valence-corrected chi connectivity index (χ0v) is 9.62. The topological polar surface area (TPSA) is 40.5 Å². The van der Waals surface area contributed by atoms with Gasteiger partial charge in [0.25, 0.3) is 0 Å². The van der Waals surface area contributed by atoms with E-state index in [1.54, 1.807) is 0 Å². The molecule has 2 nitrogen and oxygen atoms in total. The molecule has 0 aromatic heterocycles. The van der Waals surface area contributed by atoms with Gasteiger partial charge in [-0.1, -0.05) is 32.1 Å². The molecule has 15 heavy (non-hydrogen) atoms. The number of aliphatic hydroxyl groups excluding tert-OH is 2. The molecule has 88 valence electrons. The van der Waals surface area contributed by atoms with Crippen LogP contribution in [0.15, 0.2) is 0 Å². The molecule has 1 atom stereocenters. The first kappa shape index (κ1) is 11.4. The fourth-order valence-corrected chi connectivity index (χ4v) is 3.58. The highest BCUT2D eigenvalue weighted by Gasteiger charge is 2.43. The summed E-state index contributed by atoms with van der Waals surface area (Å²) in [5.74, 6) is 0.462. The Bertz CT molecular complexity index is 191. The summed E-state index contributed by atoms with van der Waals surface area (Å²) in [6.45, 7) is 0.185. The highest BCUT2D eigenvalue weighted by molar-refractivity contribution is 4.93. The van der Waals surface area contributed by atoms with Crippen LogP contribution in [0.5, 0.6) is 0 Å². The van der Waals surface area contributed by atoms with Crippen molar-refractivity contribution < 1.29 is 10.2 Å². The standard InChI is InChI=1S/C13H24O2/c14-10-13(8-4-5-9-13)12(15)11-6-2-1-3-7-11/h11-12,14-15H,1-10H2. The van der Waals surface area contributed by atoms with Gasteiger partial charge in [-0.15, -0.1) is 0 Å². The lowest BCUT2D eigenvalue weighted by Crippen LogP contribution is -2.42. The Morgan fingerprint density at radius 1 is 1.00 bits per heavy atom. The Labute approximate surface area is 92.7 Å². The Balaban J connectivity index is 2.00. The molecular weight excluding hydrogens is 188 g/mol. The van der Waals surface area contributed by atoms with Crippen LogP contribution in [0.2, 0.25) is 0 Å². The molecule has 2 N–H and O–H groups in total. The summed E-state index contributed by atoms with van der Waals surface area (Å²) in [6, 6.07) is 0. The Morgan fingerprint density at radius 2 is 1.60 bits per heavy atom. The van der Waals surface area contributed by atoms with E-state index in [0.29, 0.717) is 5.92 Å². The smallest absolute Gasteiger partial charge is 0.0646 e. The van der Waals surface area contributed by atoms with Crippen LogP contribution in [-0.2, 0) is 0 Å². The summed E-state index contributed by atoms with van der Waals surface area (Å²) < 4.78 is 0. The third-order valence-electron chi connectivity index (χ3n) is 4.64. The van der Waals surface area contributed by atoms with Gasteiger partial charge < -0.3 is 10.2 Å². The minimum absolute atomic E-state index is 0.137. The van der Waals surface area contributed by atoms with Crippen molar-refractivity contribution in [1.29, 1.82) is 0 Å². The molecular formula is C13H24O2. The Morgan fingerprint density at radius 3 is 2.13 bits per heavy atom. The maximum atomic E-state index is 10.5. The Hall–Kier alpha value is -0.0800. The average Bonchev–Trinajstić information content (AvgIpc) is 2.79. The quantitative estimate of drug-likeness (QED) is 0.754. The van der Waals surface area contributed by atoms with E-state index in [1.807, 2.05) is 0 Å². The minimum atomic E-state index is -0.245. The fourth-order valence-electron chi connectivity index (χ4n) is 3.58. The normalized spacial score (nSPS) is 29.2. The van der Waals surface area contributed by atoms with Crippen LogP contribution in [0, 0.1) is 11.3 Å². The molecule has 2 saturated carbocycles. The monoisotopic (exact) mass is 212 g/mol. The molecule has 0 aliphatic heterocycles. The molecule has 1 unspecified atom stereocenters. The van der Waals surface area contributed by atoms with E-state index in [9.17, 15) is 10.2 Å². The number of rotatable bonds is 3. The zero-order valence-electron chi connectivity index (χ0n) is 9.62. The molecule has 0 amide bonds. The van der Waals surface area contributed by atoms with Crippen molar-refractivity contribution in [2.75, 3.05) is 6.61 Å². The summed E-state index contributed by atoms with van der Waals surface area (Å²) in [4.78, 5) is 0. The molecule has 2 aliphatic carbocycles. The van der Waals surface area contributed by atoms with Crippen molar-refractivity contribution in [3.8, 4) is 0 Å². The van der Waals surface area contributed by atoms with Crippen molar-refractivity contribution in [1.82, 2.24) is 0 Å². The maximum Gasteiger partial charge on any atom is 0.0646 e. The largest absolute Gasteiger partial charge is 0.396 e. The first-order chi connectivity index (χ1) is 7.28. The summed E-state index contributed by atoms with van der Waals surface area (Å²) in [5, 5.41) is 20.0. The SMILES string of the molecule is OCC1(C(O)C2CCCCC2)CCCC1. The first-order valence-corrected chi connectivity index (χ1v) is 6.57. The lowest BCUT2D eigenvalue weighted by atomic mass is 9.71. The van der Waals surface area contributed by atoms with E-state index >= 15 is 0 Å². The lowest BCUT2D eigenvalue weighted by Gasteiger charge is -2.39. The fraction of sp³-hybridized carbons (Fsp3) is 1.00. The van der Waals surface area contributed by atoms with Crippen LogP contribution >= 0.6 is 0 Å². The minimum Gasteiger partial charge on any atom is -0.396 e. The number of hydrogen-bond donors (Lipinski definition) is 2. The molecule has 2 aliphatic rings. The van der Waals surface area contributed by atoms with Gasteiger partial charge in [0.1, 0.15) is 0 Å². The second-order valence-electron chi connectivity index (χ2n) is 5.57. The molecule has 2 rings (SSSR count). The highest BCUT2D eigenvalue weighted by atomic mass is 16.3. The third-order valence-corrected chi connectivity index (χ3v) is 4.64. The van der Waals surface area contributed by atoms with Crippen molar-refractivity contribution in [2.24, 2.45) is 11.3 Å². The predicted octanol–water partition coefficient (Wildman–Crippen LogP) is 2.48. The molecule has 0 spiro atoms. The van der Waals surface area contributed by atoms with Crippen LogP contribution in [-0.4, -0.2) is 22.9 Å². The second kappa shape index (κ2) is 4.84. The van der Waals surface area contributed by atoms with Gasteiger partial charge in [-0.05, 0) is 31.6 Å². The van der Waals surface area contributed by atoms with Gasteiger partial charge in [-0.3, -0.25) is 0 Å². The molecule has 0 aromatic rings. The van der Waals surface area contributed by atoms with Gasteiger partial charge in [0.05, 0.1) is 12.7 Å². The third kappa shape index (κ3) is 2.21. The molecule has 0 radical (unpaired) electrons. The second-order valence-corrected chi connectivity index (χ2v) is 5.57. The van der Waals surface area contributed by atoms with Gasteiger partial charge in [0, 0.05) is 5.41 Å². The average molecular weight is 212 g/mol. The number of hydrogen-bond acceptors (Lipinski definition) is 2. The predicted molar refractivity (Wildman–Crippen MR) is 60.6 cm³/mol. The first-order valence-electron chi connectivity index (χ1n) is 6.57. The van der Waals surface area contributed by atoms with Gasteiger partial charge in [-0.25, -0.2) is 0 Å². The van der Waals surface area contributed by atoms with Crippen LogP contribution in [0.3, 0.4) is 0 Å². The van der Waals surface area contributed by atoms with E-state index in [2.05, 4.69) is 0 Å². The van der Waals surface area contributed by atoms with Gasteiger partial charge in [0.2, 0.25) is 0 Å². The summed E-state index contributed by atoms with van der Waals surface area (Å²) in [6.07, 6.45) is 10.4. The molecule has 2 fully saturated rings.